The number of carbonyl (C=O) groups is 2. The lowest BCUT2D eigenvalue weighted by Crippen LogP contribution is -2.19. The van der Waals surface area contributed by atoms with Crippen LogP contribution >= 0.6 is 0 Å². The van der Waals surface area contributed by atoms with E-state index in [1.54, 1.807) is 18.2 Å². The Kier molecular flexibility index (Phi) is 5.17. The van der Waals surface area contributed by atoms with Gasteiger partial charge in [-0.05, 0) is 12.1 Å². The molecule has 0 saturated heterocycles. The maximum atomic E-state index is 11.6. The van der Waals surface area contributed by atoms with Gasteiger partial charge in [0.25, 0.3) is 0 Å². The molecule has 0 spiro atoms. The van der Waals surface area contributed by atoms with Crippen molar-refractivity contribution in [1.29, 1.82) is 0 Å². The highest BCUT2D eigenvalue weighted by Crippen LogP contribution is 2.29. The highest BCUT2D eigenvalue weighted by Gasteiger charge is 2.16. The van der Waals surface area contributed by atoms with E-state index in [0.717, 1.165) is 0 Å². The highest BCUT2D eigenvalue weighted by atomic mass is 16.5. The number of aliphatic carboxylic acids is 1. The minimum atomic E-state index is -0.998. The summed E-state index contributed by atoms with van der Waals surface area (Å²) in [5.74, 6) is -1.03. The molecule has 1 aromatic rings. The van der Waals surface area contributed by atoms with Gasteiger partial charge in [0.15, 0.2) is 11.5 Å². The molecule has 0 aliphatic heterocycles. The predicted molar refractivity (Wildman–Crippen MR) is 69.6 cm³/mol. The third-order valence-corrected chi connectivity index (χ3v) is 2.58. The molecule has 1 atom stereocenters. The molecule has 0 fully saturated rings. The first-order valence-corrected chi connectivity index (χ1v) is 5.72. The average molecular weight is 267 g/mol. The van der Waals surface area contributed by atoms with Gasteiger partial charge in [-0.3, -0.25) is 9.59 Å². The number of hydrogen-bond acceptors (Lipinski definition) is 4. The molecule has 1 aromatic carbocycles. The van der Waals surface area contributed by atoms with Crippen LogP contribution < -0.4 is 14.8 Å². The summed E-state index contributed by atoms with van der Waals surface area (Å²) in [6.07, 6.45) is -0.0797. The molecule has 104 valence electrons. The number of carboxylic acid groups (broad SMARTS) is 1. The van der Waals surface area contributed by atoms with Crippen molar-refractivity contribution in [3.8, 4) is 11.5 Å². The van der Waals surface area contributed by atoms with Gasteiger partial charge in [0, 0.05) is 18.2 Å². The number of rotatable bonds is 6. The lowest BCUT2D eigenvalue weighted by atomic mass is 10.1. The molecule has 0 aliphatic carbocycles. The van der Waals surface area contributed by atoms with Gasteiger partial charge < -0.3 is 19.9 Å². The largest absolute Gasteiger partial charge is 0.493 e. The molecule has 0 saturated carbocycles. The third kappa shape index (κ3) is 4.17. The Hall–Kier alpha value is -2.24. The number of ether oxygens (including phenoxy) is 2. The summed E-state index contributed by atoms with van der Waals surface area (Å²) in [4.78, 5) is 22.3. The van der Waals surface area contributed by atoms with E-state index >= 15 is 0 Å². The van der Waals surface area contributed by atoms with Crippen LogP contribution in [0.1, 0.15) is 13.3 Å². The summed E-state index contributed by atoms with van der Waals surface area (Å²) in [5.41, 5.74) is 0.528. The van der Waals surface area contributed by atoms with E-state index in [2.05, 4.69) is 5.32 Å². The molecule has 19 heavy (non-hydrogen) atoms. The van der Waals surface area contributed by atoms with Gasteiger partial charge in [0.2, 0.25) is 5.91 Å². The summed E-state index contributed by atoms with van der Waals surface area (Å²) >= 11 is 0. The van der Waals surface area contributed by atoms with Crippen LogP contribution in [-0.4, -0.2) is 31.2 Å². The van der Waals surface area contributed by atoms with Crippen molar-refractivity contribution in [2.75, 3.05) is 19.5 Å². The van der Waals surface area contributed by atoms with Crippen LogP contribution in [0.4, 0.5) is 5.69 Å². The van der Waals surface area contributed by atoms with E-state index in [0.29, 0.717) is 17.2 Å². The van der Waals surface area contributed by atoms with Crippen molar-refractivity contribution < 1.29 is 24.2 Å². The molecule has 6 heteroatoms. The normalized spacial score (nSPS) is 11.5. The number of carbonyl (C=O) groups excluding carboxylic acids is 1. The maximum absolute atomic E-state index is 11.6. The number of anilines is 1. The summed E-state index contributed by atoms with van der Waals surface area (Å²) in [5, 5.41) is 11.3. The van der Waals surface area contributed by atoms with Gasteiger partial charge in [0.1, 0.15) is 0 Å². The molecule has 2 N–H and O–H groups in total. The van der Waals surface area contributed by atoms with Crippen LogP contribution in [0.5, 0.6) is 11.5 Å². The third-order valence-electron chi connectivity index (χ3n) is 2.58. The van der Waals surface area contributed by atoms with Gasteiger partial charge in [-0.2, -0.15) is 0 Å². The van der Waals surface area contributed by atoms with Crippen LogP contribution in [-0.2, 0) is 9.59 Å². The quantitative estimate of drug-likeness (QED) is 0.820. The monoisotopic (exact) mass is 267 g/mol. The van der Waals surface area contributed by atoms with Crippen molar-refractivity contribution in [2.45, 2.75) is 13.3 Å². The molecule has 0 radical (unpaired) electrons. The van der Waals surface area contributed by atoms with E-state index in [1.807, 2.05) is 0 Å². The average Bonchev–Trinajstić information content (AvgIpc) is 2.38. The number of nitrogens with one attached hydrogen (secondary N) is 1. The second kappa shape index (κ2) is 6.63. The maximum Gasteiger partial charge on any atom is 0.306 e. The van der Waals surface area contributed by atoms with Gasteiger partial charge >= 0.3 is 5.97 Å². The summed E-state index contributed by atoms with van der Waals surface area (Å²) in [7, 11) is 3.01. The molecule has 0 aromatic heterocycles. The Morgan fingerprint density at radius 2 is 1.89 bits per heavy atom. The van der Waals surface area contributed by atoms with Crippen molar-refractivity contribution >= 4 is 17.6 Å². The number of methoxy groups -OCH3 is 2. The molecule has 1 amide bonds. The molecule has 0 bridgehead atoms. The summed E-state index contributed by atoms with van der Waals surface area (Å²) in [6.45, 7) is 1.48. The Balaban J connectivity index is 2.72. The van der Waals surface area contributed by atoms with E-state index < -0.39 is 11.9 Å². The number of amides is 1. The fourth-order valence-corrected chi connectivity index (χ4v) is 1.49. The lowest BCUT2D eigenvalue weighted by Gasteiger charge is -2.11. The Morgan fingerprint density at radius 1 is 1.26 bits per heavy atom. The molecular weight excluding hydrogens is 250 g/mol. The van der Waals surface area contributed by atoms with Crippen molar-refractivity contribution in [2.24, 2.45) is 5.92 Å². The van der Waals surface area contributed by atoms with E-state index in [1.165, 1.54) is 21.1 Å². The Morgan fingerprint density at radius 3 is 2.42 bits per heavy atom. The molecule has 0 heterocycles. The fourth-order valence-electron chi connectivity index (χ4n) is 1.49. The van der Waals surface area contributed by atoms with E-state index in [4.69, 9.17) is 14.6 Å². The Bertz CT molecular complexity index is 472. The van der Waals surface area contributed by atoms with Crippen molar-refractivity contribution in [3.63, 3.8) is 0 Å². The molecule has 1 unspecified atom stereocenters. The van der Waals surface area contributed by atoms with E-state index in [-0.39, 0.29) is 12.3 Å². The second-order valence-electron chi connectivity index (χ2n) is 4.06. The number of carboxylic acids is 1. The summed E-state index contributed by atoms with van der Waals surface area (Å²) in [6, 6.07) is 4.93. The molecular formula is C13H17NO5. The molecule has 6 nitrogen and oxygen atoms in total. The van der Waals surface area contributed by atoms with Crippen LogP contribution in [0.15, 0.2) is 18.2 Å². The van der Waals surface area contributed by atoms with Crippen molar-refractivity contribution in [1.82, 2.24) is 0 Å². The highest BCUT2D eigenvalue weighted by molar-refractivity contribution is 5.93. The van der Waals surface area contributed by atoms with Gasteiger partial charge in [-0.25, -0.2) is 0 Å². The Labute approximate surface area is 111 Å². The number of benzene rings is 1. The first kappa shape index (κ1) is 14.8. The van der Waals surface area contributed by atoms with Gasteiger partial charge in [0.05, 0.1) is 20.1 Å². The SMILES string of the molecule is COc1ccc(NC(=O)CC(C)C(=O)O)cc1OC. The zero-order valence-corrected chi connectivity index (χ0v) is 11.1. The topological polar surface area (TPSA) is 84.9 Å². The summed E-state index contributed by atoms with van der Waals surface area (Å²) < 4.78 is 10.2. The van der Waals surface area contributed by atoms with E-state index in [9.17, 15) is 9.59 Å². The zero-order chi connectivity index (χ0) is 14.4. The first-order valence-electron chi connectivity index (χ1n) is 5.72. The zero-order valence-electron chi connectivity index (χ0n) is 11.1. The standard InChI is InChI=1S/C13H17NO5/c1-8(13(16)17)6-12(15)14-9-4-5-10(18-2)11(7-9)19-3/h4-5,7-8H,6H2,1-3H3,(H,14,15)(H,16,17). The first-order chi connectivity index (χ1) is 8.97. The molecule has 0 aliphatic rings. The predicted octanol–water partition coefficient (Wildman–Crippen LogP) is 1.75. The molecule has 1 rings (SSSR count). The van der Waals surface area contributed by atoms with Crippen LogP contribution in [0.3, 0.4) is 0 Å². The van der Waals surface area contributed by atoms with Gasteiger partial charge in [-0.15, -0.1) is 0 Å². The minimum absolute atomic E-state index is 0.0797. The van der Waals surface area contributed by atoms with Crippen LogP contribution in [0.2, 0.25) is 0 Å². The van der Waals surface area contributed by atoms with Crippen LogP contribution in [0, 0.1) is 5.92 Å². The minimum Gasteiger partial charge on any atom is -0.493 e. The van der Waals surface area contributed by atoms with Crippen LogP contribution in [0.25, 0.3) is 0 Å². The lowest BCUT2D eigenvalue weighted by molar-refractivity contribution is -0.142. The van der Waals surface area contributed by atoms with Crippen molar-refractivity contribution in [3.05, 3.63) is 18.2 Å². The smallest absolute Gasteiger partial charge is 0.306 e. The second-order valence-corrected chi connectivity index (χ2v) is 4.06. The fraction of sp³-hybridized carbons (Fsp3) is 0.385. The number of hydrogen-bond donors (Lipinski definition) is 2. The van der Waals surface area contributed by atoms with Gasteiger partial charge in [-0.1, -0.05) is 6.92 Å².